The van der Waals surface area contributed by atoms with Crippen LogP contribution in [-0.2, 0) is 6.54 Å². The van der Waals surface area contributed by atoms with Gasteiger partial charge in [-0.25, -0.2) is 0 Å². The number of halogens is 1. The minimum atomic E-state index is -1.97. The predicted octanol–water partition coefficient (Wildman–Crippen LogP) is 5.38. The molecule has 3 aromatic rings. The number of anilines is 1. The summed E-state index contributed by atoms with van der Waals surface area (Å²) in [6.45, 7) is 3.64. The van der Waals surface area contributed by atoms with Crippen LogP contribution in [0.5, 0.6) is 5.75 Å². The molecule has 1 atom stereocenters. The Morgan fingerprint density at radius 2 is 1.55 bits per heavy atom. The van der Waals surface area contributed by atoms with Gasteiger partial charge in [0, 0.05) is 46.8 Å². The van der Waals surface area contributed by atoms with Gasteiger partial charge in [-0.05, 0) is 66.6 Å². The van der Waals surface area contributed by atoms with E-state index in [1.54, 1.807) is 12.1 Å². The highest BCUT2D eigenvalue weighted by Crippen LogP contribution is 2.28. The summed E-state index contributed by atoms with van der Waals surface area (Å²) in [7, 11) is 0. The molecule has 0 fully saturated rings. The lowest BCUT2D eigenvalue weighted by molar-refractivity contribution is -0.490. The van der Waals surface area contributed by atoms with Gasteiger partial charge in [-0.2, -0.15) is 0 Å². The second-order valence-corrected chi connectivity index (χ2v) is 8.47. The Labute approximate surface area is 201 Å². The molecule has 0 spiro atoms. The highest BCUT2D eigenvalue weighted by Gasteiger charge is 2.11. The number of nitrogens with zero attached hydrogens (tertiary/aromatic N) is 1. The number of hydrogen-bond donors (Lipinski definition) is 2. The van der Waals surface area contributed by atoms with Crippen LogP contribution in [0.3, 0.4) is 0 Å². The molecule has 0 saturated heterocycles. The molecule has 0 heterocycles. The summed E-state index contributed by atoms with van der Waals surface area (Å²) in [5, 5.41) is 31.6. The maximum atomic E-state index is 11.6. The SMILES string of the molecule is CCCCCCN(Cc1ccc(C#Cc2ccc(Cl)cc2)cc1)c1ccc(O)c(C([O-])O)c1. The lowest BCUT2D eigenvalue weighted by atomic mass is 10.1. The van der Waals surface area contributed by atoms with Gasteiger partial charge in [0.2, 0.25) is 0 Å². The van der Waals surface area contributed by atoms with E-state index < -0.39 is 6.29 Å². The number of aromatic hydroxyl groups is 1. The Morgan fingerprint density at radius 3 is 2.15 bits per heavy atom. The van der Waals surface area contributed by atoms with Gasteiger partial charge < -0.3 is 20.2 Å². The van der Waals surface area contributed by atoms with Crippen molar-refractivity contribution in [1.82, 2.24) is 0 Å². The van der Waals surface area contributed by atoms with Crippen LogP contribution in [0.2, 0.25) is 5.02 Å². The summed E-state index contributed by atoms with van der Waals surface area (Å²) in [6.07, 6.45) is 2.51. The average Bonchev–Trinajstić information content (AvgIpc) is 2.82. The van der Waals surface area contributed by atoms with Crippen molar-refractivity contribution in [2.45, 2.75) is 45.4 Å². The lowest BCUT2D eigenvalue weighted by Crippen LogP contribution is -2.24. The normalized spacial score (nSPS) is 11.5. The molecule has 0 aliphatic heterocycles. The molecule has 2 N–H and O–H groups in total. The van der Waals surface area contributed by atoms with E-state index >= 15 is 0 Å². The van der Waals surface area contributed by atoms with Gasteiger partial charge in [-0.3, -0.25) is 0 Å². The Kier molecular flexibility index (Phi) is 9.21. The first-order valence-corrected chi connectivity index (χ1v) is 11.6. The zero-order valence-electron chi connectivity index (χ0n) is 18.8. The predicted molar refractivity (Wildman–Crippen MR) is 132 cm³/mol. The molecule has 0 aliphatic carbocycles. The van der Waals surface area contributed by atoms with E-state index in [9.17, 15) is 15.3 Å². The fourth-order valence-electron chi connectivity index (χ4n) is 3.56. The van der Waals surface area contributed by atoms with Crippen molar-refractivity contribution in [2.24, 2.45) is 0 Å². The highest BCUT2D eigenvalue weighted by molar-refractivity contribution is 6.30. The van der Waals surface area contributed by atoms with Crippen molar-refractivity contribution in [3.8, 4) is 17.6 Å². The molecule has 0 saturated carbocycles. The quantitative estimate of drug-likeness (QED) is 0.254. The molecule has 5 heteroatoms. The topological polar surface area (TPSA) is 66.8 Å². The number of aliphatic hydroxyl groups is 1. The van der Waals surface area contributed by atoms with Gasteiger partial charge in [0.15, 0.2) is 0 Å². The molecule has 33 heavy (non-hydrogen) atoms. The van der Waals surface area contributed by atoms with Crippen LogP contribution in [-0.4, -0.2) is 16.8 Å². The fourth-order valence-corrected chi connectivity index (χ4v) is 3.68. The number of benzene rings is 3. The Hall–Kier alpha value is -2.97. The molecule has 0 radical (unpaired) electrons. The van der Waals surface area contributed by atoms with Gasteiger partial charge in [0.1, 0.15) is 5.75 Å². The maximum absolute atomic E-state index is 11.6. The number of rotatable bonds is 9. The van der Waals surface area contributed by atoms with Crippen molar-refractivity contribution in [3.05, 3.63) is 94.0 Å². The number of phenolic OH excluding ortho intramolecular Hbond substituents is 1. The van der Waals surface area contributed by atoms with Crippen LogP contribution in [0, 0.1) is 11.8 Å². The van der Waals surface area contributed by atoms with Crippen LogP contribution in [0.1, 0.15) is 61.2 Å². The number of phenols is 1. The van der Waals surface area contributed by atoms with E-state index in [2.05, 4.69) is 35.8 Å². The Bertz CT molecular complexity index is 1080. The minimum Gasteiger partial charge on any atom is -0.828 e. The first kappa shape index (κ1) is 24.7. The summed E-state index contributed by atoms with van der Waals surface area (Å²) in [5.41, 5.74) is 3.74. The number of unbranched alkanes of at least 4 members (excludes halogenated alkanes) is 3. The third-order valence-corrected chi connectivity index (χ3v) is 5.70. The largest absolute Gasteiger partial charge is 0.828 e. The van der Waals surface area contributed by atoms with Crippen molar-refractivity contribution < 1.29 is 15.3 Å². The second kappa shape index (κ2) is 12.3. The van der Waals surface area contributed by atoms with E-state index in [0.717, 1.165) is 48.2 Å². The molecular formula is C28H29ClNO3-. The highest BCUT2D eigenvalue weighted by atomic mass is 35.5. The molecule has 0 aromatic heterocycles. The van der Waals surface area contributed by atoms with Crippen LogP contribution >= 0.6 is 11.6 Å². The van der Waals surface area contributed by atoms with Crippen LogP contribution in [0.4, 0.5) is 5.69 Å². The second-order valence-electron chi connectivity index (χ2n) is 8.03. The summed E-state index contributed by atoms with van der Waals surface area (Å²) in [6, 6.07) is 20.4. The third-order valence-electron chi connectivity index (χ3n) is 5.45. The van der Waals surface area contributed by atoms with E-state index in [-0.39, 0.29) is 11.3 Å². The van der Waals surface area contributed by atoms with Crippen molar-refractivity contribution >= 4 is 17.3 Å². The van der Waals surface area contributed by atoms with Crippen molar-refractivity contribution in [2.75, 3.05) is 11.4 Å². The first-order valence-electron chi connectivity index (χ1n) is 11.2. The molecule has 0 bridgehead atoms. The Balaban J connectivity index is 1.75. The van der Waals surface area contributed by atoms with Gasteiger partial charge >= 0.3 is 0 Å². The summed E-state index contributed by atoms with van der Waals surface area (Å²) >= 11 is 5.92. The van der Waals surface area contributed by atoms with Crippen LogP contribution in [0.25, 0.3) is 0 Å². The smallest absolute Gasteiger partial charge is 0.120 e. The molecule has 3 rings (SSSR count). The van der Waals surface area contributed by atoms with E-state index in [4.69, 9.17) is 11.6 Å². The molecule has 0 amide bonds. The van der Waals surface area contributed by atoms with Gasteiger partial charge in [0.25, 0.3) is 0 Å². The van der Waals surface area contributed by atoms with Crippen LogP contribution in [0.15, 0.2) is 66.7 Å². The van der Waals surface area contributed by atoms with E-state index in [1.807, 2.05) is 36.4 Å². The summed E-state index contributed by atoms with van der Waals surface area (Å²) in [5.74, 6) is 6.13. The lowest BCUT2D eigenvalue weighted by Gasteiger charge is -2.27. The summed E-state index contributed by atoms with van der Waals surface area (Å²) < 4.78 is 0. The van der Waals surface area contributed by atoms with E-state index in [1.165, 1.54) is 12.5 Å². The third kappa shape index (κ3) is 7.54. The standard InChI is InChI=1S/C28H29ClNO3/c1-2-3-4-5-18-30(25-16-17-27(31)26(19-25)28(32)33)20-23-10-8-21(9-11-23)6-7-22-12-14-24(29)15-13-22/h8-17,19,28,31-32H,2-5,18,20H2,1H3/q-1. The Morgan fingerprint density at radius 1 is 0.909 bits per heavy atom. The average molecular weight is 463 g/mol. The first-order chi connectivity index (χ1) is 16.0. The molecule has 4 nitrogen and oxygen atoms in total. The fraction of sp³-hybridized carbons (Fsp3) is 0.286. The minimum absolute atomic E-state index is 0.00104. The van der Waals surface area contributed by atoms with Gasteiger partial charge in [0.05, 0.1) is 0 Å². The zero-order valence-corrected chi connectivity index (χ0v) is 19.6. The van der Waals surface area contributed by atoms with E-state index in [0.29, 0.717) is 11.6 Å². The molecule has 1 unspecified atom stereocenters. The monoisotopic (exact) mass is 462 g/mol. The molecule has 172 valence electrons. The van der Waals surface area contributed by atoms with Crippen LogP contribution < -0.4 is 10.0 Å². The molecule has 3 aromatic carbocycles. The number of aliphatic hydroxyl groups excluding tert-OH is 1. The molecular weight excluding hydrogens is 434 g/mol. The van der Waals surface area contributed by atoms with Crippen molar-refractivity contribution in [1.29, 1.82) is 0 Å². The number of hydrogen-bond acceptors (Lipinski definition) is 4. The zero-order chi connectivity index (χ0) is 23.6. The summed E-state index contributed by atoms with van der Waals surface area (Å²) in [4.78, 5) is 2.18. The van der Waals surface area contributed by atoms with Crippen molar-refractivity contribution in [3.63, 3.8) is 0 Å². The molecule has 0 aliphatic rings. The van der Waals surface area contributed by atoms with Gasteiger partial charge in [-0.1, -0.05) is 61.8 Å². The maximum Gasteiger partial charge on any atom is 0.120 e. The van der Waals surface area contributed by atoms with Gasteiger partial charge in [-0.15, -0.1) is 0 Å².